The molecule has 10 heteroatoms. The SMILES string of the molecule is Cl.Cl.NS(=O)(=O)c1ccc(CNc2nc(-c3cccnc3)nc3ccccc23)cc1. The molecule has 2 aromatic carbocycles. The van der Waals surface area contributed by atoms with E-state index in [0.29, 0.717) is 18.2 Å². The number of aromatic nitrogens is 3. The molecule has 0 fully saturated rings. The Morgan fingerprint density at radius 2 is 1.63 bits per heavy atom. The van der Waals surface area contributed by atoms with Crippen LogP contribution in [0.2, 0.25) is 0 Å². The van der Waals surface area contributed by atoms with Gasteiger partial charge in [0.25, 0.3) is 0 Å². The predicted octanol–water partition coefficient (Wildman–Crippen LogP) is 3.79. The molecular weight excluding hydrogens is 445 g/mol. The fraction of sp³-hybridized carbons (Fsp3) is 0.0500. The number of primary sulfonamides is 1. The Labute approximate surface area is 186 Å². The van der Waals surface area contributed by atoms with E-state index in [1.54, 1.807) is 24.5 Å². The van der Waals surface area contributed by atoms with Gasteiger partial charge in [0.15, 0.2) is 5.82 Å². The van der Waals surface area contributed by atoms with Gasteiger partial charge < -0.3 is 5.32 Å². The average molecular weight is 464 g/mol. The molecule has 0 atom stereocenters. The highest BCUT2D eigenvalue weighted by Gasteiger charge is 2.10. The molecule has 0 aliphatic heterocycles. The second-order valence-electron chi connectivity index (χ2n) is 6.20. The van der Waals surface area contributed by atoms with E-state index in [4.69, 9.17) is 5.14 Å². The fourth-order valence-electron chi connectivity index (χ4n) is 2.82. The second-order valence-corrected chi connectivity index (χ2v) is 7.76. The molecule has 0 bridgehead atoms. The zero-order valence-electron chi connectivity index (χ0n) is 15.6. The topological polar surface area (TPSA) is 111 Å². The Bertz CT molecular complexity index is 1240. The smallest absolute Gasteiger partial charge is 0.238 e. The molecule has 2 heterocycles. The molecule has 7 nitrogen and oxygen atoms in total. The third-order valence-corrected chi connectivity index (χ3v) is 5.16. The molecule has 30 heavy (non-hydrogen) atoms. The van der Waals surface area contributed by atoms with E-state index in [1.165, 1.54) is 12.1 Å². The number of nitrogens with zero attached hydrogens (tertiary/aromatic N) is 3. The monoisotopic (exact) mass is 463 g/mol. The van der Waals surface area contributed by atoms with Gasteiger partial charge in [-0.15, -0.1) is 24.8 Å². The van der Waals surface area contributed by atoms with E-state index >= 15 is 0 Å². The highest BCUT2D eigenvalue weighted by molar-refractivity contribution is 7.89. The summed E-state index contributed by atoms with van der Waals surface area (Å²) in [5, 5.41) is 9.36. The number of nitrogens with two attached hydrogens (primary N) is 1. The van der Waals surface area contributed by atoms with Crippen LogP contribution in [0, 0.1) is 0 Å². The lowest BCUT2D eigenvalue weighted by Crippen LogP contribution is -2.12. The Balaban J connectivity index is 0.00000160. The maximum atomic E-state index is 11.4. The van der Waals surface area contributed by atoms with Crippen molar-refractivity contribution < 1.29 is 8.42 Å². The molecule has 156 valence electrons. The van der Waals surface area contributed by atoms with Gasteiger partial charge in [0.2, 0.25) is 10.0 Å². The van der Waals surface area contributed by atoms with Gasteiger partial charge in [0.1, 0.15) is 5.82 Å². The summed E-state index contributed by atoms with van der Waals surface area (Å²) in [4.78, 5) is 13.5. The first-order valence-corrected chi connectivity index (χ1v) is 10.1. The lowest BCUT2D eigenvalue weighted by Gasteiger charge is -2.11. The second kappa shape index (κ2) is 9.82. The zero-order chi connectivity index (χ0) is 19.6. The van der Waals surface area contributed by atoms with Gasteiger partial charge in [0, 0.05) is 29.9 Å². The van der Waals surface area contributed by atoms with Crippen LogP contribution in [0.5, 0.6) is 0 Å². The van der Waals surface area contributed by atoms with Gasteiger partial charge >= 0.3 is 0 Å². The van der Waals surface area contributed by atoms with Crippen molar-refractivity contribution in [2.24, 2.45) is 5.14 Å². The zero-order valence-corrected chi connectivity index (χ0v) is 18.0. The number of para-hydroxylation sites is 1. The Morgan fingerprint density at radius 3 is 2.30 bits per heavy atom. The van der Waals surface area contributed by atoms with E-state index in [-0.39, 0.29) is 29.7 Å². The summed E-state index contributed by atoms with van der Waals surface area (Å²) in [6.45, 7) is 0.471. The summed E-state index contributed by atoms with van der Waals surface area (Å²) >= 11 is 0. The minimum atomic E-state index is -3.70. The first-order valence-electron chi connectivity index (χ1n) is 8.53. The number of rotatable bonds is 5. The maximum Gasteiger partial charge on any atom is 0.238 e. The minimum Gasteiger partial charge on any atom is -0.365 e. The number of nitrogens with one attached hydrogen (secondary N) is 1. The van der Waals surface area contributed by atoms with Crippen molar-refractivity contribution in [1.29, 1.82) is 0 Å². The third kappa shape index (κ3) is 5.22. The lowest BCUT2D eigenvalue weighted by atomic mass is 10.2. The normalized spacial score (nSPS) is 10.7. The predicted molar refractivity (Wildman–Crippen MR) is 122 cm³/mol. The van der Waals surface area contributed by atoms with Crippen LogP contribution in [0.1, 0.15) is 5.56 Å². The molecule has 0 unspecified atom stereocenters. The number of sulfonamides is 1. The molecule has 0 aliphatic carbocycles. The summed E-state index contributed by atoms with van der Waals surface area (Å²) in [5.41, 5.74) is 2.55. The minimum absolute atomic E-state index is 0. The summed E-state index contributed by atoms with van der Waals surface area (Å²) in [5.74, 6) is 1.28. The number of benzene rings is 2. The first-order chi connectivity index (χ1) is 13.5. The molecule has 0 radical (unpaired) electrons. The van der Waals surface area contributed by atoms with Gasteiger partial charge in [0.05, 0.1) is 10.4 Å². The molecule has 3 N–H and O–H groups in total. The van der Waals surface area contributed by atoms with Crippen LogP contribution >= 0.6 is 24.8 Å². The first kappa shape index (κ1) is 23.5. The van der Waals surface area contributed by atoms with Crippen molar-refractivity contribution in [3.05, 3.63) is 78.6 Å². The van der Waals surface area contributed by atoms with Crippen LogP contribution in [0.15, 0.2) is 78.0 Å². The quantitative estimate of drug-likeness (QED) is 0.465. The largest absolute Gasteiger partial charge is 0.365 e. The van der Waals surface area contributed by atoms with Gasteiger partial charge in [-0.25, -0.2) is 23.5 Å². The molecule has 0 aliphatic rings. The van der Waals surface area contributed by atoms with Crippen molar-refractivity contribution in [2.75, 3.05) is 5.32 Å². The number of hydrogen-bond donors (Lipinski definition) is 2. The number of halogens is 2. The Kier molecular flexibility index (Phi) is 7.69. The van der Waals surface area contributed by atoms with E-state index < -0.39 is 10.0 Å². The standard InChI is InChI=1S/C20H17N5O2S.2ClH/c21-28(26,27)16-9-7-14(8-10-16)12-23-20-17-5-1-2-6-18(17)24-19(25-20)15-4-3-11-22-13-15;;/h1-11,13H,12H2,(H2,21,26,27)(H,23,24,25);2*1H. The maximum absolute atomic E-state index is 11.4. The van der Waals surface area contributed by atoms with Crippen LogP contribution in [-0.4, -0.2) is 23.4 Å². The number of pyridine rings is 1. The molecule has 4 aromatic rings. The molecular formula is C20H19Cl2N5O2S. The van der Waals surface area contributed by atoms with E-state index in [0.717, 1.165) is 22.0 Å². The Hall–Kier alpha value is -2.78. The van der Waals surface area contributed by atoms with Gasteiger partial charge in [-0.05, 0) is 42.0 Å². The van der Waals surface area contributed by atoms with Crippen molar-refractivity contribution in [1.82, 2.24) is 15.0 Å². The summed E-state index contributed by atoms with van der Waals surface area (Å²) in [6, 6.07) is 17.9. The van der Waals surface area contributed by atoms with Crippen molar-refractivity contribution in [3.63, 3.8) is 0 Å². The number of anilines is 1. The van der Waals surface area contributed by atoms with Crippen molar-refractivity contribution in [2.45, 2.75) is 11.4 Å². The van der Waals surface area contributed by atoms with Gasteiger partial charge in [-0.1, -0.05) is 24.3 Å². The molecule has 0 saturated heterocycles. The van der Waals surface area contributed by atoms with Gasteiger partial charge in [-0.3, -0.25) is 4.98 Å². The van der Waals surface area contributed by atoms with Crippen LogP contribution in [0.4, 0.5) is 5.82 Å². The molecule has 0 spiro atoms. The van der Waals surface area contributed by atoms with Crippen LogP contribution in [0.3, 0.4) is 0 Å². The van der Waals surface area contributed by atoms with Crippen molar-refractivity contribution in [3.8, 4) is 11.4 Å². The number of hydrogen-bond acceptors (Lipinski definition) is 6. The van der Waals surface area contributed by atoms with Crippen LogP contribution in [-0.2, 0) is 16.6 Å². The number of fused-ring (bicyclic) bond motifs is 1. The average Bonchev–Trinajstić information content (AvgIpc) is 2.72. The van der Waals surface area contributed by atoms with E-state index in [1.807, 2.05) is 36.4 Å². The molecule has 4 rings (SSSR count). The van der Waals surface area contributed by atoms with E-state index in [2.05, 4.69) is 20.3 Å². The summed E-state index contributed by atoms with van der Waals surface area (Å²) < 4.78 is 22.8. The van der Waals surface area contributed by atoms with Gasteiger partial charge in [-0.2, -0.15) is 0 Å². The third-order valence-electron chi connectivity index (χ3n) is 4.23. The summed E-state index contributed by atoms with van der Waals surface area (Å²) in [7, 11) is -3.70. The molecule has 0 saturated carbocycles. The van der Waals surface area contributed by atoms with E-state index in [9.17, 15) is 8.42 Å². The molecule has 2 aromatic heterocycles. The fourth-order valence-corrected chi connectivity index (χ4v) is 3.33. The Morgan fingerprint density at radius 1 is 0.900 bits per heavy atom. The van der Waals surface area contributed by atoms with Crippen LogP contribution < -0.4 is 10.5 Å². The van der Waals surface area contributed by atoms with Crippen molar-refractivity contribution >= 4 is 51.6 Å². The highest BCUT2D eigenvalue weighted by Crippen LogP contribution is 2.25. The molecule has 0 amide bonds. The van der Waals surface area contributed by atoms with Crippen LogP contribution in [0.25, 0.3) is 22.3 Å². The summed E-state index contributed by atoms with van der Waals surface area (Å²) in [6.07, 6.45) is 3.43. The highest BCUT2D eigenvalue weighted by atomic mass is 35.5. The lowest BCUT2D eigenvalue weighted by molar-refractivity contribution is 0.598.